The van der Waals surface area contributed by atoms with Gasteiger partial charge in [0.1, 0.15) is 0 Å². The molecule has 0 spiro atoms. The maximum atomic E-state index is 11.0. The van der Waals surface area contributed by atoms with Crippen LogP contribution in [0.4, 0.5) is 5.69 Å². The summed E-state index contributed by atoms with van der Waals surface area (Å²) in [6.45, 7) is 2.19. The summed E-state index contributed by atoms with van der Waals surface area (Å²) in [7, 11) is 4.04. The van der Waals surface area contributed by atoms with Crippen LogP contribution in [0.25, 0.3) is 0 Å². The summed E-state index contributed by atoms with van der Waals surface area (Å²) >= 11 is 0. The van der Waals surface area contributed by atoms with E-state index in [1.165, 1.54) is 5.56 Å². The third-order valence-electron chi connectivity index (χ3n) is 5.51. The third-order valence-corrected chi connectivity index (χ3v) is 5.51. The van der Waals surface area contributed by atoms with E-state index in [-0.39, 0.29) is 18.3 Å². The van der Waals surface area contributed by atoms with Crippen LogP contribution in [0.1, 0.15) is 76.7 Å². The van der Waals surface area contributed by atoms with Crippen molar-refractivity contribution in [2.75, 3.05) is 19.0 Å². The number of hydrogen-bond acceptors (Lipinski definition) is 3. The summed E-state index contributed by atoms with van der Waals surface area (Å²) in [5.74, 6) is -1.47. The number of benzene rings is 1. The first-order valence-corrected chi connectivity index (χ1v) is 10.0. The van der Waals surface area contributed by atoms with Gasteiger partial charge in [0.15, 0.2) is 0 Å². The molecule has 1 rings (SSSR count). The van der Waals surface area contributed by atoms with Crippen LogP contribution < -0.4 is 4.90 Å². The zero-order valence-corrected chi connectivity index (χ0v) is 17.0. The zero-order valence-electron chi connectivity index (χ0n) is 17.0. The molecule has 2 N–H and O–H groups in total. The molecule has 1 unspecified atom stereocenters. The molecule has 0 aliphatic carbocycles. The van der Waals surface area contributed by atoms with Crippen LogP contribution in [-0.4, -0.2) is 36.2 Å². The number of carboxylic acids is 2. The Morgan fingerprint density at radius 1 is 0.852 bits per heavy atom. The van der Waals surface area contributed by atoms with Crippen molar-refractivity contribution < 1.29 is 19.8 Å². The first kappa shape index (κ1) is 23.0. The molecule has 0 aliphatic rings. The van der Waals surface area contributed by atoms with Gasteiger partial charge >= 0.3 is 11.9 Å². The quantitative estimate of drug-likeness (QED) is 0.442. The van der Waals surface area contributed by atoms with Crippen molar-refractivity contribution >= 4 is 17.6 Å². The number of hydrogen-bond donors (Lipinski definition) is 2. The highest BCUT2D eigenvalue weighted by Gasteiger charge is 2.29. The molecule has 0 bridgehead atoms. The maximum absolute atomic E-state index is 11.0. The Hall–Kier alpha value is -2.04. The van der Waals surface area contributed by atoms with Gasteiger partial charge in [-0.2, -0.15) is 0 Å². The topological polar surface area (TPSA) is 77.8 Å². The third kappa shape index (κ3) is 8.02. The summed E-state index contributed by atoms with van der Waals surface area (Å²) in [5.41, 5.74) is 2.43. The first-order chi connectivity index (χ1) is 12.8. The van der Waals surface area contributed by atoms with E-state index in [2.05, 4.69) is 36.1 Å². The van der Waals surface area contributed by atoms with Gasteiger partial charge in [0, 0.05) is 32.6 Å². The van der Waals surface area contributed by atoms with Gasteiger partial charge in [-0.3, -0.25) is 9.59 Å². The second-order valence-corrected chi connectivity index (χ2v) is 7.63. The van der Waals surface area contributed by atoms with Gasteiger partial charge in [-0.15, -0.1) is 0 Å². The van der Waals surface area contributed by atoms with E-state index in [4.69, 9.17) is 10.2 Å². The SMILES string of the molecule is CCC(CCCCCCC(=O)O)(CCCC(=O)O)c1ccc(N(C)C)cc1. The number of rotatable bonds is 14. The number of carbonyl (C=O) groups is 2. The Labute approximate surface area is 163 Å². The standard InChI is InChI=1S/C22H35NO4/c1-4-22(17-9-11-21(26)27,16-8-6-5-7-10-20(24)25)18-12-14-19(15-13-18)23(2)3/h12-15H,4-11,16-17H2,1-3H3,(H,24,25)(H,26,27). The fourth-order valence-electron chi connectivity index (χ4n) is 3.76. The molecule has 0 saturated heterocycles. The van der Waals surface area contributed by atoms with Gasteiger partial charge in [0.2, 0.25) is 0 Å². The summed E-state index contributed by atoms with van der Waals surface area (Å²) in [6.07, 6.45) is 7.69. The second-order valence-electron chi connectivity index (χ2n) is 7.63. The average molecular weight is 378 g/mol. The van der Waals surface area contributed by atoms with E-state index in [1.54, 1.807) is 0 Å². The molecule has 0 saturated carbocycles. The highest BCUT2D eigenvalue weighted by atomic mass is 16.4. The van der Waals surface area contributed by atoms with E-state index < -0.39 is 11.9 Å². The van der Waals surface area contributed by atoms with Crippen LogP contribution in [0, 0.1) is 0 Å². The molecule has 0 radical (unpaired) electrons. The van der Waals surface area contributed by atoms with Gasteiger partial charge in [0.05, 0.1) is 0 Å². The van der Waals surface area contributed by atoms with E-state index in [0.29, 0.717) is 6.42 Å². The predicted octanol–water partition coefficient (Wildman–Crippen LogP) is 5.08. The Morgan fingerprint density at radius 2 is 1.37 bits per heavy atom. The summed E-state index contributed by atoms with van der Waals surface area (Å²) in [6, 6.07) is 8.63. The summed E-state index contributed by atoms with van der Waals surface area (Å²) in [5, 5.41) is 17.8. The maximum Gasteiger partial charge on any atom is 0.303 e. The number of anilines is 1. The summed E-state index contributed by atoms with van der Waals surface area (Å²) in [4.78, 5) is 23.7. The lowest BCUT2D eigenvalue weighted by Gasteiger charge is -2.34. The highest BCUT2D eigenvalue weighted by molar-refractivity contribution is 5.66. The molecule has 0 aromatic heterocycles. The molecular weight excluding hydrogens is 342 g/mol. The Bertz CT molecular complexity index is 582. The lowest BCUT2D eigenvalue weighted by Crippen LogP contribution is -2.26. The molecule has 0 fully saturated rings. The number of carboxylic acid groups (broad SMARTS) is 2. The minimum atomic E-state index is -0.739. The van der Waals surface area contributed by atoms with Crippen molar-refractivity contribution in [3.05, 3.63) is 29.8 Å². The van der Waals surface area contributed by atoms with Crippen LogP contribution >= 0.6 is 0 Å². The van der Waals surface area contributed by atoms with Crippen molar-refractivity contribution in [3.63, 3.8) is 0 Å². The number of aliphatic carboxylic acids is 2. The predicted molar refractivity (Wildman–Crippen MR) is 110 cm³/mol. The van der Waals surface area contributed by atoms with Gasteiger partial charge in [-0.1, -0.05) is 38.3 Å². The van der Waals surface area contributed by atoms with E-state index in [1.807, 2.05) is 14.1 Å². The summed E-state index contributed by atoms with van der Waals surface area (Å²) < 4.78 is 0. The Kier molecular flexibility index (Phi) is 9.90. The van der Waals surface area contributed by atoms with E-state index >= 15 is 0 Å². The molecule has 0 amide bonds. The van der Waals surface area contributed by atoms with Crippen molar-refractivity contribution in [2.24, 2.45) is 0 Å². The molecule has 5 heteroatoms. The van der Waals surface area contributed by atoms with Crippen LogP contribution in [-0.2, 0) is 15.0 Å². The van der Waals surface area contributed by atoms with Crippen LogP contribution in [0.15, 0.2) is 24.3 Å². The Morgan fingerprint density at radius 3 is 1.89 bits per heavy atom. The minimum absolute atomic E-state index is 0.00685. The average Bonchev–Trinajstić information content (AvgIpc) is 2.62. The normalized spacial score (nSPS) is 13.1. The molecule has 27 heavy (non-hydrogen) atoms. The number of unbranched alkanes of at least 4 members (excludes halogenated alkanes) is 3. The fraction of sp³-hybridized carbons (Fsp3) is 0.636. The van der Waals surface area contributed by atoms with Crippen LogP contribution in [0.5, 0.6) is 0 Å². The molecule has 0 heterocycles. The van der Waals surface area contributed by atoms with E-state index in [9.17, 15) is 9.59 Å². The first-order valence-electron chi connectivity index (χ1n) is 10.0. The van der Waals surface area contributed by atoms with E-state index in [0.717, 1.165) is 50.6 Å². The molecule has 5 nitrogen and oxygen atoms in total. The Balaban J connectivity index is 2.80. The van der Waals surface area contributed by atoms with Crippen LogP contribution in [0.2, 0.25) is 0 Å². The smallest absolute Gasteiger partial charge is 0.303 e. The molecular formula is C22H35NO4. The van der Waals surface area contributed by atoms with Crippen molar-refractivity contribution in [3.8, 4) is 0 Å². The monoisotopic (exact) mass is 377 g/mol. The van der Waals surface area contributed by atoms with Gasteiger partial charge in [-0.05, 0) is 55.2 Å². The van der Waals surface area contributed by atoms with Crippen molar-refractivity contribution in [1.82, 2.24) is 0 Å². The van der Waals surface area contributed by atoms with Gasteiger partial charge < -0.3 is 15.1 Å². The molecule has 1 aromatic rings. The van der Waals surface area contributed by atoms with Gasteiger partial charge in [0.25, 0.3) is 0 Å². The molecule has 0 aliphatic heterocycles. The number of nitrogens with zero attached hydrogens (tertiary/aromatic N) is 1. The van der Waals surface area contributed by atoms with Crippen molar-refractivity contribution in [2.45, 2.75) is 76.5 Å². The lowest BCUT2D eigenvalue weighted by molar-refractivity contribution is -0.138. The minimum Gasteiger partial charge on any atom is -0.481 e. The highest BCUT2D eigenvalue weighted by Crippen LogP contribution is 2.39. The fourth-order valence-corrected chi connectivity index (χ4v) is 3.76. The molecule has 1 atom stereocenters. The molecule has 152 valence electrons. The largest absolute Gasteiger partial charge is 0.481 e. The zero-order chi connectivity index (χ0) is 20.3. The van der Waals surface area contributed by atoms with Crippen molar-refractivity contribution in [1.29, 1.82) is 0 Å². The lowest BCUT2D eigenvalue weighted by atomic mass is 9.70. The molecule has 1 aromatic carbocycles. The van der Waals surface area contributed by atoms with Crippen LogP contribution in [0.3, 0.4) is 0 Å². The second kappa shape index (κ2) is 11.6. The van der Waals surface area contributed by atoms with Gasteiger partial charge in [-0.25, -0.2) is 0 Å².